The molecule has 1 atom stereocenters. The van der Waals surface area contributed by atoms with Gasteiger partial charge in [0, 0.05) is 13.1 Å². The Hall–Kier alpha value is -2.03. The molecule has 2 rings (SSSR count). The van der Waals surface area contributed by atoms with Gasteiger partial charge in [-0.3, -0.25) is 9.69 Å². The highest BCUT2D eigenvalue weighted by Gasteiger charge is 2.27. The fraction of sp³-hybridized carbons (Fsp3) is 0.550. The first-order valence-corrected chi connectivity index (χ1v) is 8.92. The third kappa shape index (κ3) is 6.41. The smallest absolute Gasteiger partial charge is 0.237 e. The van der Waals surface area contributed by atoms with Crippen LogP contribution in [0.5, 0.6) is 5.75 Å². The van der Waals surface area contributed by atoms with Crippen molar-refractivity contribution >= 4 is 5.91 Å². The zero-order valence-electron chi connectivity index (χ0n) is 15.3. The van der Waals surface area contributed by atoms with Gasteiger partial charge < -0.3 is 15.0 Å². The van der Waals surface area contributed by atoms with Crippen molar-refractivity contribution < 1.29 is 9.53 Å². The lowest BCUT2D eigenvalue weighted by Crippen LogP contribution is -2.49. The van der Waals surface area contributed by atoms with E-state index in [-0.39, 0.29) is 11.9 Å². The summed E-state index contributed by atoms with van der Waals surface area (Å²) >= 11 is 0. The molecule has 0 unspecified atom stereocenters. The van der Waals surface area contributed by atoms with Crippen molar-refractivity contribution in [2.45, 2.75) is 31.8 Å². The van der Waals surface area contributed by atoms with Gasteiger partial charge in [-0.25, -0.2) is 0 Å². The fourth-order valence-electron chi connectivity index (χ4n) is 2.95. The van der Waals surface area contributed by atoms with Crippen LogP contribution < -0.4 is 10.1 Å². The van der Waals surface area contributed by atoms with E-state index in [9.17, 15) is 4.79 Å². The van der Waals surface area contributed by atoms with E-state index in [0.29, 0.717) is 19.7 Å². The fourth-order valence-corrected chi connectivity index (χ4v) is 2.95. The molecular weight excluding hydrogens is 314 g/mol. The summed E-state index contributed by atoms with van der Waals surface area (Å²) in [6, 6.07) is 7.78. The molecule has 0 radical (unpaired) electrons. The number of rotatable bonds is 8. The maximum absolute atomic E-state index is 12.5. The number of amides is 1. The van der Waals surface area contributed by atoms with Crippen LogP contribution in [0.3, 0.4) is 0 Å². The highest BCUT2D eigenvalue weighted by atomic mass is 16.5. The van der Waals surface area contributed by atoms with Crippen LogP contribution >= 0.6 is 0 Å². The largest absolute Gasteiger partial charge is 0.492 e. The van der Waals surface area contributed by atoms with Crippen LogP contribution in [0.25, 0.3) is 0 Å². The first kappa shape index (κ1) is 19.3. The van der Waals surface area contributed by atoms with Crippen molar-refractivity contribution in [2.24, 2.45) is 0 Å². The highest BCUT2D eigenvalue weighted by molar-refractivity contribution is 5.81. The van der Waals surface area contributed by atoms with Crippen molar-refractivity contribution in [3.63, 3.8) is 0 Å². The second-order valence-electron chi connectivity index (χ2n) is 6.70. The van der Waals surface area contributed by atoms with Crippen molar-refractivity contribution in [1.29, 1.82) is 0 Å². The zero-order chi connectivity index (χ0) is 18.1. The molecule has 1 saturated heterocycles. The molecular formula is C20H29N3O2. The third-order valence-corrected chi connectivity index (χ3v) is 4.41. The lowest BCUT2D eigenvalue weighted by molar-refractivity contribution is -0.127. The normalized spacial score (nSPS) is 17.9. The lowest BCUT2D eigenvalue weighted by atomic mass is 10.0. The predicted octanol–water partition coefficient (Wildman–Crippen LogP) is 1.73. The molecule has 1 aliphatic heterocycles. The van der Waals surface area contributed by atoms with Gasteiger partial charge in [0.05, 0.1) is 12.6 Å². The minimum absolute atomic E-state index is 0.0706. The Morgan fingerprint density at radius 2 is 2.12 bits per heavy atom. The number of hydrogen-bond donors (Lipinski definition) is 1. The van der Waals surface area contributed by atoms with Gasteiger partial charge in [0.2, 0.25) is 5.91 Å². The first-order valence-electron chi connectivity index (χ1n) is 8.92. The lowest BCUT2D eigenvalue weighted by Gasteiger charge is -2.33. The number of terminal acetylenes is 1. The molecule has 1 heterocycles. The Morgan fingerprint density at radius 1 is 1.36 bits per heavy atom. The van der Waals surface area contributed by atoms with Crippen LogP contribution in [0, 0.1) is 12.3 Å². The summed E-state index contributed by atoms with van der Waals surface area (Å²) in [5, 5.41) is 3.04. The molecule has 1 aromatic carbocycles. The van der Waals surface area contributed by atoms with Gasteiger partial charge >= 0.3 is 0 Å². The van der Waals surface area contributed by atoms with E-state index in [2.05, 4.69) is 21.0 Å². The molecule has 1 fully saturated rings. The van der Waals surface area contributed by atoms with E-state index in [1.807, 2.05) is 38.4 Å². The van der Waals surface area contributed by atoms with Crippen LogP contribution in [0.2, 0.25) is 0 Å². The monoisotopic (exact) mass is 343 g/mol. The molecule has 1 amide bonds. The predicted molar refractivity (Wildman–Crippen MR) is 100 cm³/mol. The number of nitrogens with one attached hydrogen (secondary N) is 1. The minimum atomic E-state index is -0.0987. The van der Waals surface area contributed by atoms with Crippen LogP contribution in [0.4, 0.5) is 0 Å². The van der Waals surface area contributed by atoms with Crippen LogP contribution in [-0.4, -0.2) is 62.1 Å². The number of benzene rings is 1. The molecule has 0 spiro atoms. The summed E-state index contributed by atoms with van der Waals surface area (Å²) in [5.74, 6) is 3.58. The number of carbonyl (C=O) groups excluding carboxylic acids is 1. The van der Waals surface area contributed by atoms with E-state index in [4.69, 9.17) is 11.2 Å². The van der Waals surface area contributed by atoms with Crippen LogP contribution in [0.15, 0.2) is 24.3 Å². The molecule has 5 heteroatoms. The summed E-state index contributed by atoms with van der Waals surface area (Å²) in [5.41, 5.74) is 1.06. The molecule has 5 nitrogen and oxygen atoms in total. The summed E-state index contributed by atoms with van der Waals surface area (Å²) in [6.07, 6.45) is 8.49. The molecule has 1 N–H and O–H groups in total. The molecule has 0 saturated carbocycles. The van der Waals surface area contributed by atoms with Crippen molar-refractivity contribution in [3.05, 3.63) is 29.8 Å². The second-order valence-corrected chi connectivity index (χ2v) is 6.70. The van der Waals surface area contributed by atoms with E-state index in [1.54, 1.807) is 0 Å². The van der Waals surface area contributed by atoms with Crippen LogP contribution in [-0.2, 0) is 11.3 Å². The Balaban J connectivity index is 1.80. The number of piperidine rings is 1. The van der Waals surface area contributed by atoms with E-state index in [1.165, 1.54) is 0 Å². The second kappa shape index (κ2) is 10.1. The van der Waals surface area contributed by atoms with Crippen molar-refractivity contribution in [1.82, 2.24) is 15.1 Å². The summed E-state index contributed by atoms with van der Waals surface area (Å²) in [7, 11) is 4.04. The van der Waals surface area contributed by atoms with E-state index < -0.39 is 0 Å². The van der Waals surface area contributed by atoms with Gasteiger partial charge in [-0.2, -0.15) is 0 Å². The SMILES string of the molecule is C#CCN1CCCC[C@@H]1C(=O)NCc1ccc(OCCN(C)C)cc1. The molecule has 1 aromatic rings. The van der Waals surface area contributed by atoms with Crippen LogP contribution in [0.1, 0.15) is 24.8 Å². The Kier molecular flexibility index (Phi) is 7.77. The quantitative estimate of drug-likeness (QED) is 0.730. The van der Waals surface area contributed by atoms with Crippen molar-refractivity contribution in [3.8, 4) is 18.1 Å². The zero-order valence-corrected chi connectivity index (χ0v) is 15.3. The topological polar surface area (TPSA) is 44.8 Å². The maximum Gasteiger partial charge on any atom is 0.237 e. The van der Waals surface area contributed by atoms with Gasteiger partial charge in [-0.15, -0.1) is 6.42 Å². The van der Waals surface area contributed by atoms with Gasteiger partial charge in [-0.1, -0.05) is 24.5 Å². The number of likely N-dealkylation sites (N-methyl/N-ethyl adjacent to an activating group) is 1. The van der Waals surface area contributed by atoms with Gasteiger partial charge in [0.15, 0.2) is 0 Å². The number of ether oxygens (including phenoxy) is 1. The summed E-state index contributed by atoms with van der Waals surface area (Å²) in [4.78, 5) is 16.7. The standard InChI is InChI=1S/C20H29N3O2/c1-4-12-23-13-6-5-7-19(23)20(24)21-16-17-8-10-18(11-9-17)25-15-14-22(2)3/h1,8-11,19H,5-7,12-16H2,2-3H3,(H,21,24)/t19-/m1/s1. The van der Waals surface area contributed by atoms with Gasteiger partial charge in [0.1, 0.15) is 12.4 Å². The molecule has 1 aliphatic rings. The Morgan fingerprint density at radius 3 is 2.80 bits per heavy atom. The number of hydrogen-bond acceptors (Lipinski definition) is 4. The average Bonchev–Trinajstić information content (AvgIpc) is 2.61. The molecule has 0 aliphatic carbocycles. The third-order valence-electron chi connectivity index (χ3n) is 4.41. The summed E-state index contributed by atoms with van der Waals surface area (Å²) < 4.78 is 5.68. The first-order chi connectivity index (χ1) is 12.1. The van der Waals surface area contributed by atoms with E-state index in [0.717, 1.165) is 43.7 Å². The van der Waals surface area contributed by atoms with Gasteiger partial charge in [0.25, 0.3) is 0 Å². The van der Waals surface area contributed by atoms with Gasteiger partial charge in [-0.05, 0) is 51.2 Å². The van der Waals surface area contributed by atoms with E-state index >= 15 is 0 Å². The summed E-state index contributed by atoms with van der Waals surface area (Å²) in [6.45, 7) is 3.51. The average molecular weight is 343 g/mol. The highest BCUT2D eigenvalue weighted by Crippen LogP contribution is 2.17. The number of carbonyl (C=O) groups is 1. The Labute approximate surface area is 151 Å². The molecule has 0 aromatic heterocycles. The molecule has 25 heavy (non-hydrogen) atoms. The minimum Gasteiger partial charge on any atom is -0.492 e. The molecule has 0 bridgehead atoms. The number of likely N-dealkylation sites (tertiary alicyclic amines) is 1. The number of nitrogens with zero attached hydrogens (tertiary/aromatic N) is 2. The maximum atomic E-state index is 12.5. The molecule has 136 valence electrons. The van der Waals surface area contributed by atoms with Crippen molar-refractivity contribution in [2.75, 3.05) is 40.3 Å². The Bertz CT molecular complexity index is 578.